The molecular formula is C23H36O4. The molecule has 0 aromatic carbocycles. The molecule has 27 heavy (non-hydrogen) atoms. The second-order valence-corrected chi connectivity index (χ2v) is 9.96. The van der Waals surface area contributed by atoms with Crippen LogP contribution in [0.15, 0.2) is 11.6 Å². The fourth-order valence-electron chi connectivity index (χ4n) is 7.19. The van der Waals surface area contributed by atoms with Crippen molar-refractivity contribution in [3.8, 4) is 0 Å². The number of ether oxygens (including phenoxy) is 2. The van der Waals surface area contributed by atoms with Gasteiger partial charge in [0.1, 0.15) is 6.10 Å². The van der Waals surface area contributed by atoms with Gasteiger partial charge < -0.3 is 14.6 Å². The van der Waals surface area contributed by atoms with Crippen molar-refractivity contribution in [2.75, 3.05) is 6.61 Å². The third kappa shape index (κ3) is 3.12. The summed E-state index contributed by atoms with van der Waals surface area (Å²) in [4.78, 5) is 12.1. The minimum absolute atomic E-state index is 0.00530. The third-order valence-corrected chi connectivity index (χ3v) is 8.66. The predicted octanol–water partition coefficient (Wildman–Crippen LogP) is 5.24. The molecule has 0 unspecified atom stereocenters. The zero-order valence-electron chi connectivity index (χ0n) is 17.2. The first-order valence-electron chi connectivity index (χ1n) is 11.1. The Morgan fingerprint density at radius 1 is 1.15 bits per heavy atom. The smallest absolute Gasteiger partial charge is 0.434 e. The molecule has 0 aliphatic heterocycles. The zero-order chi connectivity index (χ0) is 19.2. The fourth-order valence-corrected chi connectivity index (χ4v) is 7.19. The van der Waals surface area contributed by atoms with Crippen LogP contribution in [0.1, 0.15) is 78.6 Å². The Bertz CT molecular complexity index is 613. The summed E-state index contributed by atoms with van der Waals surface area (Å²) < 4.78 is 11.0. The Kier molecular flexibility index (Phi) is 5.07. The first-order chi connectivity index (χ1) is 12.9. The third-order valence-electron chi connectivity index (χ3n) is 8.66. The van der Waals surface area contributed by atoms with Gasteiger partial charge in [-0.2, -0.15) is 0 Å². The highest BCUT2D eigenvalue weighted by Crippen LogP contribution is 2.65. The molecule has 4 aliphatic rings. The molecule has 0 aromatic rings. The molecule has 152 valence electrons. The highest BCUT2D eigenvalue weighted by atomic mass is 16.7. The normalized spacial score (nSPS) is 45.9. The van der Waals surface area contributed by atoms with E-state index in [0.29, 0.717) is 18.4 Å². The van der Waals surface area contributed by atoms with Crippen molar-refractivity contribution in [1.82, 2.24) is 0 Å². The quantitative estimate of drug-likeness (QED) is 0.540. The standard InChI is InChI=1S/C23H36O4/c1-4-13-26-21(25)27-20-8-7-18-17-6-5-15-14-16(24)9-11-22(15,2)19(17)10-12-23(18,20)3/h14,16-20,24H,4-13H2,1-3H3/t16-,17+,18+,19+,20+,22+,23+/m1/s1. The van der Waals surface area contributed by atoms with Gasteiger partial charge in [-0.3, -0.25) is 0 Å². The zero-order valence-corrected chi connectivity index (χ0v) is 17.2. The average Bonchev–Trinajstić information content (AvgIpc) is 2.97. The van der Waals surface area contributed by atoms with Gasteiger partial charge in [-0.15, -0.1) is 0 Å². The van der Waals surface area contributed by atoms with Crippen LogP contribution in [0.3, 0.4) is 0 Å². The van der Waals surface area contributed by atoms with Crippen molar-refractivity contribution >= 4 is 6.16 Å². The molecule has 7 atom stereocenters. The summed E-state index contributed by atoms with van der Waals surface area (Å²) in [5.41, 5.74) is 1.88. The largest absolute Gasteiger partial charge is 0.508 e. The van der Waals surface area contributed by atoms with Crippen LogP contribution >= 0.6 is 0 Å². The van der Waals surface area contributed by atoms with Crippen LogP contribution in [0, 0.1) is 28.6 Å². The van der Waals surface area contributed by atoms with Gasteiger partial charge in [0.05, 0.1) is 12.7 Å². The second kappa shape index (κ2) is 7.09. The molecule has 4 rings (SSSR count). The molecule has 0 amide bonds. The van der Waals surface area contributed by atoms with E-state index in [0.717, 1.165) is 44.4 Å². The van der Waals surface area contributed by atoms with Crippen molar-refractivity contribution in [2.24, 2.45) is 28.6 Å². The van der Waals surface area contributed by atoms with E-state index < -0.39 is 6.16 Å². The summed E-state index contributed by atoms with van der Waals surface area (Å²) >= 11 is 0. The summed E-state index contributed by atoms with van der Waals surface area (Å²) in [5.74, 6) is 2.08. The van der Waals surface area contributed by atoms with Crippen LogP contribution in [0.4, 0.5) is 4.79 Å². The molecule has 0 saturated heterocycles. The molecule has 0 bridgehead atoms. The van der Waals surface area contributed by atoms with Crippen LogP contribution in [-0.2, 0) is 9.47 Å². The lowest BCUT2D eigenvalue weighted by atomic mass is 9.47. The van der Waals surface area contributed by atoms with Crippen LogP contribution in [0.2, 0.25) is 0 Å². The number of allylic oxidation sites excluding steroid dienone is 1. The number of carbonyl (C=O) groups is 1. The topological polar surface area (TPSA) is 55.8 Å². The van der Waals surface area contributed by atoms with Crippen molar-refractivity contribution < 1.29 is 19.4 Å². The molecule has 0 spiro atoms. The summed E-state index contributed by atoms with van der Waals surface area (Å²) in [6.07, 6.45) is 11.2. The van der Waals surface area contributed by atoms with E-state index in [1.165, 1.54) is 24.8 Å². The van der Waals surface area contributed by atoms with E-state index in [1.807, 2.05) is 6.92 Å². The van der Waals surface area contributed by atoms with Crippen molar-refractivity contribution in [3.05, 3.63) is 11.6 Å². The summed E-state index contributed by atoms with van der Waals surface area (Å²) in [6.45, 7) is 7.25. The van der Waals surface area contributed by atoms with Gasteiger partial charge in [0.15, 0.2) is 0 Å². The summed E-state index contributed by atoms with van der Waals surface area (Å²) in [6, 6.07) is 0. The maximum atomic E-state index is 12.1. The van der Waals surface area contributed by atoms with Gasteiger partial charge in [-0.1, -0.05) is 32.4 Å². The molecule has 1 N–H and O–H groups in total. The number of rotatable bonds is 3. The molecular weight excluding hydrogens is 340 g/mol. The molecule has 4 aliphatic carbocycles. The van der Waals surface area contributed by atoms with Crippen LogP contribution in [0.25, 0.3) is 0 Å². The summed E-state index contributed by atoms with van der Waals surface area (Å²) in [7, 11) is 0. The fraction of sp³-hybridized carbons (Fsp3) is 0.870. The Morgan fingerprint density at radius 3 is 2.74 bits per heavy atom. The van der Waals surface area contributed by atoms with Gasteiger partial charge in [0.25, 0.3) is 0 Å². The predicted molar refractivity (Wildman–Crippen MR) is 104 cm³/mol. The van der Waals surface area contributed by atoms with E-state index >= 15 is 0 Å². The Hall–Kier alpha value is -1.03. The van der Waals surface area contributed by atoms with Crippen LogP contribution in [-0.4, -0.2) is 30.1 Å². The molecule has 0 aromatic heterocycles. The van der Waals surface area contributed by atoms with E-state index in [2.05, 4.69) is 19.9 Å². The highest BCUT2D eigenvalue weighted by molar-refractivity contribution is 5.60. The Balaban J connectivity index is 1.51. The minimum atomic E-state index is -0.479. The lowest BCUT2D eigenvalue weighted by Crippen LogP contribution is -2.51. The maximum Gasteiger partial charge on any atom is 0.508 e. The van der Waals surface area contributed by atoms with E-state index in [9.17, 15) is 9.90 Å². The monoisotopic (exact) mass is 376 g/mol. The number of carbonyl (C=O) groups excluding carboxylic acids is 1. The number of aliphatic hydroxyl groups excluding tert-OH is 1. The lowest BCUT2D eigenvalue weighted by molar-refractivity contribution is -0.0885. The lowest BCUT2D eigenvalue weighted by Gasteiger charge is -2.58. The molecule has 0 radical (unpaired) electrons. The maximum absolute atomic E-state index is 12.1. The molecule has 4 heteroatoms. The minimum Gasteiger partial charge on any atom is -0.434 e. The number of fused-ring (bicyclic) bond motifs is 5. The van der Waals surface area contributed by atoms with Crippen LogP contribution in [0.5, 0.6) is 0 Å². The van der Waals surface area contributed by atoms with Gasteiger partial charge in [0, 0.05) is 5.41 Å². The summed E-state index contributed by atoms with van der Waals surface area (Å²) in [5, 5.41) is 10.1. The van der Waals surface area contributed by atoms with E-state index in [-0.39, 0.29) is 23.0 Å². The Labute approximate surface area is 163 Å². The van der Waals surface area contributed by atoms with Crippen molar-refractivity contribution in [1.29, 1.82) is 0 Å². The van der Waals surface area contributed by atoms with Crippen molar-refractivity contribution in [2.45, 2.75) is 90.8 Å². The highest BCUT2D eigenvalue weighted by Gasteiger charge is 2.60. The molecule has 3 saturated carbocycles. The molecule has 4 nitrogen and oxygen atoms in total. The SMILES string of the molecule is CCCOC(=O)O[C@H]1CC[C@H]2[C@@H]3CCC4=C[C@H](O)CC[C@]4(C)[C@H]3CC[C@]12C. The van der Waals surface area contributed by atoms with Gasteiger partial charge in [-0.05, 0) is 81.0 Å². The first-order valence-corrected chi connectivity index (χ1v) is 11.1. The number of aliphatic hydroxyl groups is 1. The number of hydrogen-bond donors (Lipinski definition) is 1. The molecule has 3 fully saturated rings. The first kappa shape index (κ1) is 19.3. The molecule has 0 heterocycles. The van der Waals surface area contributed by atoms with Crippen molar-refractivity contribution in [3.63, 3.8) is 0 Å². The van der Waals surface area contributed by atoms with Gasteiger partial charge >= 0.3 is 6.16 Å². The van der Waals surface area contributed by atoms with Gasteiger partial charge in [-0.25, -0.2) is 4.79 Å². The second-order valence-electron chi connectivity index (χ2n) is 9.96. The average molecular weight is 377 g/mol. The van der Waals surface area contributed by atoms with Crippen LogP contribution < -0.4 is 0 Å². The number of hydrogen-bond acceptors (Lipinski definition) is 4. The Morgan fingerprint density at radius 2 is 1.96 bits per heavy atom. The van der Waals surface area contributed by atoms with E-state index in [4.69, 9.17) is 9.47 Å². The van der Waals surface area contributed by atoms with E-state index in [1.54, 1.807) is 0 Å². The van der Waals surface area contributed by atoms with Gasteiger partial charge in [0.2, 0.25) is 0 Å².